The van der Waals surface area contributed by atoms with Gasteiger partial charge in [0, 0.05) is 39.3 Å². The summed E-state index contributed by atoms with van der Waals surface area (Å²) in [6.45, 7) is 17.4. The minimum absolute atomic E-state index is 0.364. The number of rotatable bonds is 9. The Kier molecular flexibility index (Phi) is 8.47. The molecule has 1 aliphatic heterocycles. The molecule has 3 nitrogen and oxygen atoms in total. The molecule has 1 saturated heterocycles. The fraction of sp³-hybridized carbons (Fsp3) is 1.00. The van der Waals surface area contributed by atoms with E-state index < -0.39 is 0 Å². The zero-order valence-corrected chi connectivity index (χ0v) is 18.7. The Morgan fingerprint density at radius 1 is 0.778 bits per heavy atom. The van der Waals surface area contributed by atoms with E-state index in [1.165, 1.54) is 77.7 Å². The van der Waals surface area contributed by atoms with Gasteiger partial charge in [-0.25, -0.2) is 0 Å². The molecule has 0 aromatic heterocycles. The van der Waals surface area contributed by atoms with E-state index in [9.17, 15) is 0 Å². The summed E-state index contributed by atoms with van der Waals surface area (Å²) in [7, 11) is 0. The van der Waals surface area contributed by atoms with Gasteiger partial charge in [-0.1, -0.05) is 26.7 Å². The molecule has 1 heterocycles. The van der Waals surface area contributed by atoms with Crippen molar-refractivity contribution in [1.82, 2.24) is 9.80 Å². The maximum absolute atomic E-state index is 5.70. The van der Waals surface area contributed by atoms with Crippen LogP contribution in [0.1, 0.15) is 72.6 Å². The van der Waals surface area contributed by atoms with Crippen molar-refractivity contribution in [3.8, 4) is 0 Å². The molecule has 3 fully saturated rings. The largest absolute Gasteiger partial charge is 0.377 e. The van der Waals surface area contributed by atoms with Gasteiger partial charge in [-0.2, -0.15) is 0 Å². The molecule has 0 aromatic rings. The minimum Gasteiger partial charge on any atom is -0.377 e. The van der Waals surface area contributed by atoms with E-state index in [0.29, 0.717) is 6.10 Å². The summed E-state index contributed by atoms with van der Waals surface area (Å²) < 4.78 is 5.70. The molecular weight excluding hydrogens is 332 g/mol. The van der Waals surface area contributed by atoms with Crippen molar-refractivity contribution in [2.24, 2.45) is 29.6 Å². The highest BCUT2D eigenvalue weighted by Gasteiger charge is 2.37. The normalized spacial score (nSPS) is 33.6. The standard InChI is InChI=1S/C24H46N2O/c1-19(2)15-21-5-7-23(8-6-21)24-16-22(17-24)18-26-11-9-25(10-12-26)13-14-27-20(3)4/h19-24H,5-18H2,1-4H3. The second kappa shape index (κ2) is 10.6. The van der Waals surface area contributed by atoms with Crippen LogP contribution in [0.2, 0.25) is 0 Å². The highest BCUT2D eigenvalue weighted by atomic mass is 16.5. The van der Waals surface area contributed by atoms with Crippen molar-refractivity contribution in [2.45, 2.75) is 78.7 Å². The molecule has 0 unspecified atom stereocenters. The van der Waals surface area contributed by atoms with Gasteiger partial charge in [0.05, 0.1) is 12.7 Å². The lowest BCUT2D eigenvalue weighted by Crippen LogP contribution is -2.50. The molecule has 0 radical (unpaired) electrons. The molecule has 0 bridgehead atoms. The Morgan fingerprint density at radius 2 is 1.41 bits per heavy atom. The Bertz CT molecular complexity index is 403. The first-order valence-electron chi connectivity index (χ1n) is 12.1. The van der Waals surface area contributed by atoms with Gasteiger partial charge in [0.15, 0.2) is 0 Å². The molecule has 0 aromatic carbocycles. The topological polar surface area (TPSA) is 15.7 Å². The number of ether oxygens (including phenoxy) is 1. The summed E-state index contributed by atoms with van der Waals surface area (Å²) in [4.78, 5) is 5.32. The Morgan fingerprint density at radius 3 is 2.00 bits per heavy atom. The lowest BCUT2D eigenvalue weighted by Gasteiger charge is -2.46. The predicted octanol–water partition coefficient (Wildman–Crippen LogP) is 4.91. The zero-order valence-electron chi connectivity index (χ0n) is 18.7. The van der Waals surface area contributed by atoms with Crippen LogP contribution in [0.15, 0.2) is 0 Å². The Balaban J connectivity index is 1.24. The van der Waals surface area contributed by atoms with Gasteiger partial charge in [0.25, 0.3) is 0 Å². The monoisotopic (exact) mass is 378 g/mol. The fourth-order valence-corrected chi connectivity index (χ4v) is 5.86. The quantitative estimate of drug-likeness (QED) is 0.567. The van der Waals surface area contributed by atoms with Crippen LogP contribution in [0.25, 0.3) is 0 Å². The molecule has 3 aliphatic rings. The molecule has 2 saturated carbocycles. The smallest absolute Gasteiger partial charge is 0.0596 e. The van der Waals surface area contributed by atoms with E-state index in [-0.39, 0.29) is 0 Å². The average molecular weight is 379 g/mol. The lowest BCUT2D eigenvalue weighted by atomic mass is 9.63. The van der Waals surface area contributed by atoms with Crippen LogP contribution in [0, 0.1) is 29.6 Å². The number of piperazine rings is 1. The highest BCUT2D eigenvalue weighted by molar-refractivity contribution is 4.89. The number of nitrogens with zero attached hydrogens (tertiary/aromatic N) is 2. The molecule has 158 valence electrons. The second-order valence-corrected chi connectivity index (χ2v) is 10.6. The second-order valence-electron chi connectivity index (χ2n) is 10.6. The van der Waals surface area contributed by atoms with E-state index in [4.69, 9.17) is 4.74 Å². The highest BCUT2D eigenvalue weighted by Crippen LogP contribution is 2.46. The zero-order chi connectivity index (χ0) is 19.2. The van der Waals surface area contributed by atoms with Crippen LogP contribution in [0.5, 0.6) is 0 Å². The van der Waals surface area contributed by atoms with Crippen molar-refractivity contribution < 1.29 is 4.74 Å². The third kappa shape index (κ3) is 7.01. The SMILES string of the molecule is CC(C)CC1CCC(C2CC(CN3CCN(CCOC(C)C)CC3)C2)CC1. The van der Waals surface area contributed by atoms with Crippen molar-refractivity contribution in [1.29, 1.82) is 0 Å². The van der Waals surface area contributed by atoms with Crippen LogP contribution < -0.4 is 0 Å². The van der Waals surface area contributed by atoms with E-state index in [0.717, 1.165) is 42.7 Å². The fourth-order valence-electron chi connectivity index (χ4n) is 5.86. The van der Waals surface area contributed by atoms with Crippen molar-refractivity contribution in [2.75, 3.05) is 45.9 Å². The summed E-state index contributed by atoms with van der Waals surface area (Å²) in [6.07, 6.45) is 11.0. The Hall–Kier alpha value is -0.120. The maximum Gasteiger partial charge on any atom is 0.0596 e. The van der Waals surface area contributed by atoms with E-state index >= 15 is 0 Å². The molecular formula is C24H46N2O. The molecule has 27 heavy (non-hydrogen) atoms. The number of hydrogen-bond donors (Lipinski definition) is 0. The summed E-state index contributed by atoms with van der Waals surface area (Å²) in [5, 5.41) is 0. The van der Waals surface area contributed by atoms with Gasteiger partial charge < -0.3 is 9.64 Å². The van der Waals surface area contributed by atoms with Crippen molar-refractivity contribution >= 4 is 0 Å². The first kappa shape index (κ1) is 21.6. The summed E-state index contributed by atoms with van der Waals surface area (Å²) in [5.74, 6) is 5.08. The van der Waals surface area contributed by atoms with Gasteiger partial charge in [-0.15, -0.1) is 0 Å². The summed E-state index contributed by atoms with van der Waals surface area (Å²) in [5.41, 5.74) is 0. The van der Waals surface area contributed by atoms with Gasteiger partial charge in [0.2, 0.25) is 0 Å². The van der Waals surface area contributed by atoms with Gasteiger partial charge in [-0.05, 0) is 75.5 Å². The van der Waals surface area contributed by atoms with Crippen molar-refractivity contribution in [3.05, 3.63) is 0 Å². The molecule has 0 spiro atoms. The molecule has 2 aliphatic carbocycles. The van der Waals surface area contributed by atoms with Crippen LogP contribution in [-0.2, 0) is 4.74 Å². The van der Waals surface area contributed by atoms with E-state index in [1.54, 1.807) is 0 Å². The average Bonchev–Trinajstić information content (AvgIpc) is 2.59. The van der Waals surface area contributed by atoms with Gasteiger partial charge >= 0.3 is 0 Å². The summed E-state index contributed by atoms with van der Waals surface area (Å²) in [6, 6.07) is 0. The molecule has 0 N–H and O–H groups in total. The first-order chi connectivity index (χ1) is 13.0. The van der Waals surface area contributed by atoms with Crippen LogP contribution in [0.4, 0.5) is 0 Å². The Labute approximate surface area is 169 Å². The van der Waals surface area contributed by atoms with Gasteiger partial charge in [-0.3, -0.25) is 4.90 Å². The predicted molar refractivity (Wildman–Crippen MR) is 115 cm³/mol. The molecule has 3 heteroatoms. The minimum atomic E-state index is 0.364. The number of hydrogen-bond acceptors (Lipinski definition) is 3. The third-order valence-corrected chi connectivity index (χ3v) is 7.47. The summed E-state index contributed by atoms with van der Waals surface area (Å²) >= 11 is 0. The third-order valence-electron chi connectivity index (χ3n) is 7.47. The van der Waals surface area contributed by atoms with Crippen LogP contribution in [0.3, 0.4) is 0 Å². The van der Waals surface area contributed by atoms with Crippen molar-refractivity contribution in [3.63, 3.8) is 0 Å². The van der Waals surface area contributed by atoms with E-state index in [2.05, 4.69) is 37.5 Å². The first-order valence-corrected chi connectivity index (χ1v) is 12.1. The van der Waals surface area contributed by atoms with Crippen LogP contribution in [-0.4, -0.2) is 61.8 Å². The lowest BCUT2D eigenvalue weighted by molar-refractivity contribution is 0.0258. The van der Waals surface area contributed by atoms with E-state index in [1.807, 2.05) is 0 Å². The molecule has 0 atom stereocenters. The van der Waals surface area contributed by atoms with Crippen LogP contribution >= 0.6 is 0 Å². The maximum atomic E-state index is 5.70. The van der Waals surface area contributed by atoms with Gasteiger partial charge in [0.1, 0.15) is 0 Å². The molecule has 3 rings (SSSR count). The molecule has 0 amide bonds.